The highest BCUT2D eigenvalue weighted by Gasteiger charge is 2.12. The third kappa shape index (κ3) is 5.50. The Morgan fingerprint density at radius 3 is 2.37 bits per heavy atom. The van der Waals surface area contributed by atoms with Crippen LogP contribution in [-0.4, -0.2) is 25.2 Å². The number of benzene rings is 1. The first kappa shape index (κ1) is 16.5. The van der Waals surface area contributed by atoms with E-state index >= 15 is 0 Å². The van der Waals surface area contributed by atoms with Crippen LogP contribution in [0.2, 0.25) is 0 Å². The summed E-state index contributed by atoms with van der Waals surface area (Å²) in [6.07, 6.45) is 0.641. The van der Waals surface area contributed by atoms with Gasteiger partial charge in [-0.15, -0.1) is 0 Å². The molecule has 0 unspecified atom stereocenters. The van der Waals surface area contributed by atoms with Crippen LogP contribution in [0.4, 0.5) is 0 Å². The van der Waals surface area contributed by atoms with Crippen molar-refractivity contribution in [2.24, 2.45) is 5.73 Å². The van der Waals surface area contributed by atoms with Gasteiger partial charge in [-0.2, -0.15) is 0 Å². The fraction of sp³-hybridized carbons (Fsp3) is 0.462. The Morgan fingerprint density at radius 2 is 1.89 bits per heavy atom. The van der Waals surface area contributed by atoms with Crippen molar-refractivity contribution < 1.29 is 14.3 Å². The third-order valence-electron chi connectivity index (χ3n) is 2.19. The standard InChI is InChI=1S/C13H17Br2NO3/c1-8(2)19-12(17)7-18-13-10(14)5-9(3-4-16)6-11(13)15/h5-6,8H,3-4,7,16H2,1-2H3. The van der Waals surface area contributed by atoms with E-state index in [1.807, 2.05) is 12.1 Å². The van der Waals surface area contributed by atoms with Gasteiger partial charge in [-0.05, 0) is 76.4 Å². The molecule has 1 aromatic rings. The van der Waals surface area contributed by atoms with Gasteiger partial charge in [0.2, 0.25) is 0 Å². The Labute approximate surface area is 129 Å². The van der Waals surface area contributed by atoms with Crippen molar-refractivity contribution in [2.75, 3.05) is 13.2 Å². The van der Waals surface area contributed by atoms with E-state index in [2.05, 4.69) is 31.9 Å². The van der Waals surface area contributed by atoms with E-state index in [0.717, 1.165) is 20.9 Å². The van der Waals surface area contributed by atoms with Gasteiger partial charge in [-0.25, -0.2) is 4.79 Å². The Kier molecular flexibility index (Phi) is 6.82. The Balaban J connectivity index is 2.71. The molecule has 0 radical (unpaired) electrons. The van der Waals surface area contributed by atoms with Crippen LogP contribution in [0.1, 0.15) is 19.4 Å². The maximum Gasteiger partial charge on any atom is 0.344 e. The molecule has 0 aliphatic rings. The summed E-state index contributed by atoms with van der Waals surface area (Å²) >= 11 is 6.84. The monoisotopic (exact) mass is 393 g/mol. The van der Waals surface area contributed by atoms with E-state index in [1.165, 1.54) is 0 Å². The van der Waals surface area contributed by atoms with Crippen LogP contribution in [0.25, 0.3) is 0 Å². The van der Waals surface area contributed by atoms with Gasteiger partial charge in [0.15, 0.2) is 6.61 Å². The number of rotatable bonds is 6. The summed E-state index contributed by atoms with van der Waals surface area (Å²) in [5.41, 5.74) is 6.62. The Morgan fingerprint density at radius 1 is 1.32 bits per heavy atom. The predicted molar refractivity (Wildman–Crippen MR) is 81.3 cm³/mol. The second-order valence-electron chi connectivity index (χ2n) is 4.25. The SMILES string of the molecule is CC(C)OC(=O)COc1c(Br)cc(CCN)cc1Br. The molecule has 0 atom stereocenters. The lowest BCUT2D eigenvalue weighted by Gasteiger charge is -2.13. The molecule has 19 heavy (non-hydrogen) atoms. The molecule has 0 aliphatic heterocycles. The highest BCUT2D eigenvalue weighted by molar-refractivity contribution is 9.11. The summed E-state index contributed by atoms with van der Waals surface area (Å²) in [5.74, 6) is 0.196. The summed E-state index contributed by atoms with van der Waals surface area (Å²) in [4.78, 5) is 11.4. The molecule has 0 aromatic heterocycles. The second kappa shape index (κ2) is 7.87. The van der Waals surface area contributed by atoms with Gasteiger partial charge in [0.1, 0.15) is 5.75 Å². The van der Waals surface area contributed by atoms with Crippen LogP contribution in [0.15, 0.2) is 21.1 Å². The number of nitrogens with two attached hydrogens (primary N) is 1. The third-order valence-corrected chi connectivity index (χ3v) is 3.37. The predicted octanol–water partition coefficient (Wildman–Crippen LogP) is 3.04. The fourth-order valence-electron chi connectivity index (χ4n) is 1.49. The van der Waals surface area contributed by atoms with E-state index < -0.39 is 0 Å². The van der Waals surface area contributed by atoms with Gasteiger partial charge in [0.25, 0.3) is 0 Å². The van der Waals surface area contributed by atoms with Crippen molar-refractivity contribution >= 4 is 37.8 Å². The molecular weight excluding hydrogens is 378 g/mol. The van der Waals surface area contributed by atoms with Crippen LogP contribution in [0.3, 0.4) is 0 Å². The summed E-state index contributed by atoms with van der Waals surface area (Å²) in [6, 6.07) is 3.86. The zero-order chi connectivity index (χ0) is 14.4. The summed E-state index contributed by atoms with van der Waals surface area (Å²) < 4.78 is 12.0. The van der Waals surface area contributed by atoms with Crippen LogP contribution in [-0.2, 0) is 16.0 Å². The van der Waals surface area contributed by atoms with Gasteiger partial charge < -0.3 is 15.2 Å². The number of carbonyl (C=O) groups excluding carboxylic acids is 1. The van der Waals surface area contributed by atoms with Crippen LogP contribution in [0, 0.1) is 0 Å². The smallest absolute Gasteiger partial charge is 0.344 e. The number of esters is 1. The fourth-order valence-corrected chi connectivity index (χ4v) is 3.00. The van der Waals surface area contributed by atoms with Crippen molar-refractivity contribution in [3.05, 3.63) is 26.6 Å². The average Bonchev–Trinajstić information content (AvgIpc) is 2.27. The van der Waals surface area contributed by atoms with Crippen molar-refractivity contribution in [3.63, 3.8) is 0 Å². The number of hydrogen-bond acceptors (Lipinski definition) is 4. The van der Waals surface area contributed by atoms with Gasteiger partial charge in [0, 0.05) is 0 Å². The quantitative estimate of drug-likeness (QED) is 0.753. The second-order valence-corrected chi connectivity index (χ2v) is 5.96. The van der Waals surface area contributed by atoms with Gasteiger partial charge in [-0.1, -0.05) is 0 Å². The van der Waals surface area contributed by atoms with Crippen molar-refractivity contribution in [2.45, 2.75) is 26.4 Å². The molecule has 4 nitrogen and oxygen atoms in total. The molecule has 2 N–H and O–H groups in total. The maximum atomic E-state index is 11.4. The zero-order valence-electron chi connectivity index (χ0n) is 10.9. The topological polar surface area (TPSA) is 61.5 Å². The van der Waals surface area contributed by atoms with Crippen molar-refractivity contribution in [1.29, 1.82) is 0 Å². The molecule has 1 aromatic carbocycles. The maximum absolute atomic E-state index is 11.4. The molecule has 0 heterocycles. The summed E-state index contributed by atoms with van der Waals surface area (Å²) in [6.45, 7) is 4.06. The van der Waals surface area contributed by atoms with Gasteiger partial charge >= 0.3 is 5.97 Å². The normalized spacial score (nSPS) is 10.6. The van der Waals surface area contributed by atoms with Crippen LogP contribution in [0.5, 0.6) is 5.75 Å². The molecule has 0 aliphatic carbocycles. The molecule has 106 valence electrons. The largest absolute Gasteiger partial charge is 0.480 e. The molecule has 0 saturated carbocycles. The van der Waals surface area contributed by atoms with Crippen molar-refractivity contribution in [3.8, 4) is 5.75 Å². The van der Waals surface area contributed by atoms with E-state index in [-0.39, 0.29) is 18.7 Å². The highest BCUT2D eigenvalue weighted by atomic mass is 79.9. The molecule has 0 fully saturated rings. The zero-order valence-corrected chi connectivity index (χ0v) is 14.1. The first-order valence-electron chi connectivity index (χ1n) is 5.94. The molecule has 0 amide bonds. The van der Waals surface area contributed by atoms with Crippen molar-refractivity contribution in [1.82, 2.24) is 0 Å². The molecule has 1 rings (SSSR count). The van der Waals surface area contributed by atoms with E-state index in [1.54, 1.807) is 13.8 Å². The van der Waals surface area contributed by atoms with Gasteiger partial charge in [0.05, 0.1) is 15.0 Å². The minimum atomic E-state index is -0.389. The number of ether oxygens (including phenoxy) is 2. The van der Waals surface area contributed by atoms with Crippen LogP contribution < -0.4 is 10.5 Å². The lowest BCUT2D eigenvalue weighted by molar-refractivity contribution is -0.149. The highest BCUT2D eigenvalue weighted by Crippen LogP contribution is 2.34. The average molecular weight is 395 g/mol. The molecule has 0 spiro atoms. The number of carbonyl (C=O) groups is 1. The van der Waals surface area contributed by atoms with Gasteiger partial charge in [-0.3, -0.25) is 0 Å². The minimum Gasteiger partial charge on any atom is -0.480 e. The Hall–Kier alpha value is -0.590. The lowest BCUT2D eigenvalue weighted by atomic mass is 10.1. The summed E-state index contributed by atoms with van der Waals surface area (Å²) in [5, 5.41) is 0. The van der Waals surface area contributed by atoms with E-state index in [0.29, 0.717) is 12.3 Å². The molecule has 0 bridgehead atoms. The van der Waals surface area contributed by atoms with E-state index in [9.17, 15) is 4.79 Å². The Bertz CT molecular complexity index is 427. The first-order valence-corrected chi connectivity index (χ1v) is 7.53. The van der Waals surface area contributed by atoms with E-state index in [4.69, 9.17) is 15.2 Å². The first-order chi connectivity index (χ1) is 8.93. The lowest BCUT2D eigenvalue weighted by Crippen LogP contribution is -2.19. The summed E-state index contributed by atoms with van der Waals surface area (Å²) in [7, 11) is 0. The molecular formula is C13H17Br2NO3. The number of hydrogen-bond donors (Lipinski definition) is 1. The van der Waals surface area contributed by atoms with Crippen LogP contribution >= 0.6 is 31.9 Å². The molecule has 0 saturated heterocycles. The number of halogens is 2. The molecule has 6 heteroatoms. The minimum absolute atomic E-state index is 0.119.